The molecule has 0 fully saturated rings. The second-order valence-corrected chi connectivity index (χ2v) is 4.51. The molecule has 2 amide bonds. The maximum Gasteiger partial charge on any atom is 0.354 e. The molecular weight excluding hydrogens is 247 g/mol. The standard InChI is InChI=1S/C11H14Cl2N2O/c1-8(2)14(12)11(16)15(13)10-6-4-9(3)5-7-10/h4-8H,1-3H3. The summed E-state index contributed by atoms with van der Waals surface area (Å²) >= 11 is 11.7. The lowest BCUT2D eigenvalue weighted by Crippen LogP contribution is -2.36. The monoisotopic (exact) mass is 260 g/mol. The number of hydrogen-bond donors (Lipinski definition) is 0. The number of benzene rings is 1. The summed E-state index contributed by atoms with van der Waals surface area (Å²) in [6.07, 6.45) is 0. The molecule has 1 rings (SSSR count). The molecule has 0 unspecified atom stereocenters. The van der Waals surface area contributed by atoms with Crippen LogP contribution in [0.1, 0.15) is 19.4 Å². The summed E-state index contributed by atoms with van der Waals surface area (Å²) in [6, 6.07) is 6.73. The number of anilines is 1. The third-order valence-corrected chi connectivity index (χ3v) is 2.94. The number of amides is 2. The van der Waals surface area contributed by atoms with E-state index in [1.165, 1.54) is 0 Å². The number of carbonyl (C=O) groups excluding carboxylic acids is 1. The second kappa shape index (κ2) is 5.41. The predicted molar refractivity (Wildman–Crippen MR) is 67.7 cm³/mol. The zero-order chi connectivity index (χ0) is 12.3. The highest BCUT2D eigenvalue weighted by atomic mass is 35.5. The molecule has 0 aliphatic carbocycles. The van der Waals surface area contributed by atoms with Crippen molar-refractivity contribution in [2.24, 2.45) is 0 Å². The molecule has 16 heavy (non-hydrogen) atoms. The predicted octanol–water partition coefficient (Wildman–Crippen LogP) is 3.94. The first kappa shape index (κ1) is 13.1. The van der Waals surface area contributed by atoms with Crippen LogP contribution in [0.2, 0.25) is 0 Å². The van der Waals surface area contributed by atoms with Crippen LogP contribution in [0, 0.1) is 6.92 Å². The molecule has 0 heterocycles. The van der Waals surface area contributed by atoms with Crippen molar-refractivity contribution in [2.45, 2.75) is 26.8 Å². The zero-order valence-electron chi connectivity index (χ0n) is 9.45. The molecular formula is C11H14Cl2N2O. The fraction of sp³-hybridized carbons (Fsp3) is 0.364. The fourth-order valence-electron chi connectivity index (χ4n) is 1.09. The van der Waals surface area contributed by atoms with Crippen molar-refractivity contribution in [3.63, 3.8) is 0 Å². The van der Waals surface area contributed by atoms with E-state index >= 15 is 0 Å². The highest BCUT2D eigenvalue weighted by Gasteiger charge is 2.21. The van der Waals surface area contributed by atoms with Crippen LogP contribution in [0.25, 0.3) is 0 Å². The molecule has 1 aromatic carbocycles. The summed E-state index contributed by atoms with van der Waals surface area (Å²) in [7, 11) is 0. The molecule has 0 aliphatic rings. The number of halogens is 2. The Morgan fingerprint density at radius 3 is 2.12 bits per heavy atom. The summed E-state index contributed by atoms with van der Waals surface area (Å²) in [5, 5.41) is 0. The average molecular weight is 261 g/mol. The Morgan fingerprint density at radius 1 is 1.19 bits per heavy atom. The van der Waals surface area contributed by atoms with Crippen molar-refractivity contribution >= 4 is 35.3 Å². The smallest absolute Gasteiger partial charge is 0.245 e. The van der Waals surface area contributed by atoms with Gasteiger partial charge in [0.25, 0.3) is 0 Å². The Hall–Kier alpha value is -0.930. The third kappa shape index (κ3) is 3.03. The topological polar surface area (TPSA) is 23.6 Å². The number of hydrogen-bond acceptors (Lipinski definition) is 1. The molecule has 3 nitrogen and oxygen atoms in total. The van der Waals surface area contributed by atoms with Gasteiger partial charge in [-0.25, -0.2) is 13.6 Å². The van der Waals surface area contributed by atoms with Gasteiger partial charge in [-0.1, -0.05) is 17.7 Å². The summed E-state index contributed by atoms with van der Waals surface area (Å²) < 4.78 is 2.07. The first-order valence-electron chi connectivity index (χ1n) is 4.95. The average Bonchev–Trinajstić information content (AvgIpc) is 2.27. The Balaban J connectivity index is 2.82. The van der Waals surface area contributed by atoms with Crippen LogP contribution in [0.15, 0.2) is 24.3 Å². The van der Waals surface area contributed by atoms with Gasteiger partial charge in [-0.05, 0) is 32.9 Å². The molecule has 0 N–H and O–H groups in total. The molecule has 0 saturated heterocycles. The SMILES string of the molecule is Cc1ccc(N(Cl)C(=O)N(Cl)C(C)C)cc1. The van der Waals surface area contributed by atoms with Crippen LogP contribution < -0.4 is 4.42 Å². The van der Waals surface area contributed by atoms with Gasteiger partial charge in [0.2, 0.25) is 0 Å². The van der Waals surface area contributed by atoms with Gasteiger partial charge < -0.3 is 0 Å². The summed E-state index contributed by atoms with van der Waals surface area (Å²) in [4.78, 5) is 11.8. The number of urea groups is 1. The Kier molecular flexibility index (Phi) is 4.44. The van der Waals surface area contributed by atoms with Gasteiger partial charge in [-0.2, -0.15) is 0 Å². The maximum atomic E-state index is 11.8. The van der Waals surface area contributed by atoms with Gasteiger partial charge in [-0.3, -0.25) is 0 Å². The Labute approximate surface area is 106 Å². The molecule has 0 spiro atoms. The fourth-order valence-corrected chi connectivity index (χ4v) is 1.40. The van der Waals surface area contributed by atoms with Gasteiger partial charge >= 0.3 is 6.03 Å². The van der Waals surface area contributed by atoms with E-state index in [9.17, 15) is 4.79 Å². The maximum absolute atomic E-state index is 11.8. The lowest BCUT2D eigenvalue weighted by Gasteiger charge is -2.22. The molecule has 0 aromatic heterocycles. The quantitative estimate of drug-likeness (QED) is 0.739. The summed E-state index contributed by atoms with van der Waals surface area (Å²) in [5.41, 5.74) is 1.71. The molecule has 88 valence electrons. The van der Waals surface area contributed by atoms with Crippen molar-refractivity contribution < 1.29 is 4.79 Å². The van der Waals surface area contributed by atoms with E-state index < -0.39 is 6.03 Å². The molecule has 1 aromatic rings. The van der Waals surface area contributed by atoms with Crippen LogP contribution in [-0.4, -0.2) is 16.5 Å². The summed E-state index contributed by atoms with van der Waals surface area (Å²) in [6.45, 7) is 5.59. The zero-order valence-corrected chi connectivity index (χ0v) is 11.0. The number of nitrogens with zero attached hydrogens (tertiary/aromatic N) is 2. The van der Waals surface area contributed by atoms with Crippen molar-refractivity contribution in [3.05, 3.63) is 29.8 Å². The molecule has 5 heteroatoms. The van der Waals surface area contributed by atoms with E-state index in [0.717, 1.165) is 14.4 Å². The van der Waals surface area contributed by atoms with Crippen LogP contribution in [0.5, 0.6) is 0 Å². The minimum atomic E-state index is -0.456. The van der Waals surface area contributed by atoms with Crippen molar-refractivity contribution in [3.8, 4) is 0 Å². The van der Waals surface area contributed by atoms with Crippen molar-refractivity contribution in [1.82, 2.24) is 4.42 Å². The van der Waals surface area contributed by atoms with E-state index in [1.54, 1.807) is 12.1 Å². The molecule has 0 atom stereocenters. The van der Waals surface area contributed by atoms with Crippen LogP contribution in [-0.2, 0) is 0 Å². The minimum absolute atomic E-state index is 0.110. The number of carbonyl (C=O) groups is 1. The van der Waals surface area contributed by atoms with Crippen molar-refractivity contribution in [1.29, 1.82) is 0 Å². The van der Waals surface area contributed by atoms with E-state index in [1.807, 2.05) is 32.9 Å². The largest absolute Gasteiger partial charge is 0.354 e. The van der Waals surface area contributed by atoms with Crippen LogP contribution in [0.3, 0.4) is 0 Å². The number of aryl methyl sites for hydroxylation is 1. The Morgan fingerprint density at radius 2 is 1.69 bits per heavy atom. The first-order valence-corrected chi connectivity index (χ1v) is 5.62. The van der Waals surface area contributed by atoms with Crippen LogP contribution in [0.4, 0.5) is 10.5 Å². The molecule has 0 saturated carbocycles. The van der Waals surface area contributed by atoms with E-state index in [-0.39, 0.29) is 6.04 Å². The third-order valence-electron chi connectivity index (χ3n) is 2.06. The van der Waals surface area contributed by atoms with Gasteiger partial charge in [-0.15, -0.1) is 0 Å². The van der Waals surface area contributed by atoms with Crippen molar-refractivity contribution in [2.75, 3.05) is 4.42 Å². The molecule has 0 aliphatic heterocycles. The number of rotatable bonds is 2. The van der Waals surface area contributed by atoms with Gasteiger partial charge in [0.15, 0.2) is 0 Å². The lowest BCUT2D eigenvalue weighted by atomic mass is 10.2. The highest BCUT2D eigenvalue weighted by Crippen LogP contribution is 2.20. The van der Waals surface area contributed by atoms with Crippen LogP contribution >= 0.6 is 23.6 Å². The lowest BCUT2D eigenvalue weighted by molar-refractivity contribution is 0.228. The highest BCUT2D eigenvalue weighted by molar-refractivity contribution is 6.39. The van der Waals surface area contributed by atoms with E-state index in [2.05, 4.69) is 0 Å². The van der Waals surface area contributed by atoms with Gasteiger partial charge in [0.1, 0.15) is 0 Å². The van der Waals surface area contributed by atoms with Gasteiger partial charge in [0.05, 0.1) is 5.69 Å². The summed E-state index contributed by atoms with van der Waals surface area (Å²) in [5.74, 6) is 0. The van der Waals surface area contributed by atoms with Gasteiger partial charge in [0, 0.05) is 29.6 Å². The van der Waals surface area contributed by atoms with E-state index in [4.69, 9.17) is 23.6 Å². The normalized spacial score (nSPS) is 10.4. The molecule has 0 radical (unpaired) electrons. The first-order chi connectivity index (χ1) is 7.43. The Bertz CT molecular complexity index is 365. The molecule has 0 bridgehead atoms. The van der Waals surface area contributed by atoms with E-state index in [0.29, 0.717) is 5.69 Å². The minimum Gasteiger partial charge on any atom is -0.245 e. The second-order valence-electron chi connectivity index (χ2n) is 3.80.